The Kier molecular flexibility index (Phi) is 6.13. The zero-order chi connectivity index (χ0) is 21.3. The van der Waals surface area contributed by atoms with E-state index in [2.05, 4.69) is 6.92 Å². The highest BCUT2D eigenvalue weighted by Crippen LogP contribution is 2.28. The molecule has 3 aliphatic heterocycles. The van der Waals surface area contributed by atoms with Gasteiger partial charge in [-0.15, -0.1) is 0 Å². The van der Waals surface area contributed by atoms with Gasteiger partial charge in [-0.25, -0.2) is 0 Å². The van der Waals surface area contributed by atoms with Crippen molar-refractivity contribution >= 4 is 27.7 Å². The first-order valence-electron chi connectivity index (χ1n) is 10.8. The molecule has 4 rings (SSSR count). The van der Waals surface area contributed by atoms with Crippen LogP contribution in [-0.4, -0.2) is 79.6 Å². The molecule has 0 aromatic heterocycles. The van der Waals surface area contributed by atoms with Crippen molar-refractivity contribution in [3.05, 3.63) is 29.8 Å². The third kappa shape index (κ3) is 4.10. The van der Waals surface area contributed by atoms with Crippen LogP contribution in [0.25, 0.3) is 0 Å². The molecule has 8 nitrogen and oxygen atoms in total. The van der Waals surface area contributed by atoms with Crippen LogP contribution in [0.15, 0.2) is 24.3 Å². The minimum Gasteiger partial charge on any atom is -0.340 e. The topological polar surface area (TPSA) is 81.2 Å². The fraction of sp³-hybridized carbons (Fsp3) is 0.619. The maximum absolute atomic E-state index is 13.0. The quantitative estimate of drug-likeness (QED) is 0.695. The van der Waals surface area contributed by atoms with E-state index in [-0.39, 0.29) is 24.2 Å². The van der Waals surface area contributed by atoms with Crippen LogP contribution < -0.4 is 4.90 Å². The van der Waals surface area contributed by atoms with Gasteiger partial charge in [-0.1, -0.05) is 19.1 Å². The molecule has 3 aliphatic rings. The smallest absolute Gasteiger partial charge is 0.282 e. The van der Waals surface area contributed by atoms with E-state index in [0.29, 0.717) is 45.8 Å². The summed E-state index contributed by atoms with van der Waals surface area (Å²) in [7, 11) is -3.42. The summed E-state index contributed by atoms with van der Waals surface area (Å²) in [5.41, 5.74) is 2.00. The molecule has 3 saturated heterocycles. The maximum Gasteiger partial charge on any atom is 0.282 e. The zero-order valence-electron chi connectivity index (χ0n) is 17.5. The fourth-order valence-electron chi connectivity index (χ4n) is 4.55. The molecular formula is C21H30N4O4S. The summed E-state index contributed by atoms with van der Waals surface area (Å²) in [5, 5.41) is 0. The Balaban J connectivity index is 1.36. The summed E-state index contributed by atoms with van der Waals surface area (Å²) >= 11 is 0. The molecule has 1 atom stereocenters. The molecule has 0 radical (unpaired) electrons. The van der Waals surface area contributed by atoms with Gasteiger partial charge < -0.3 is 9.80 Å². The van der Waals surface area contributed by atoms with E-state index in [9.17, 15) is 18.0 Å². The van der Waals surface area contributed by atoms with Gasteiger partial charge in [0.2, 0.25) is 11.8 Å². The molecule has 2 amide bonds. The van der Waals surface area contributed by atoms with Crippen molar-refractivity contribution < 1.29 is 18.0 Å². The molecule has 0 spiro atoms. The van der Waals surface area contributed by atoms with Crippen LogP contribution >= 0.6 is 0 Å². The molecule has 164 valence electrons. The van der Waals surface area contributed by atoms with Crippen molar-refractivity contribution in [2.75, 3.05) is 50.7 Å². The lowest BCUT2D eigenvalue weighted by Gasteiger charge is -2.36. The molecule has 1 aromatic rings. The van der Waals surface area contributed by atoms with E-state index in [1.54, 1.807) is 14.1 Å². The summed E-state index contributed by atoms with van der Waals surface area (Å²) in [5.74, 6) is -0.447. The van der Waals surface area contributed by atoms with Crippen LogP contribution in [0.3, 0.4) is 0 Å². The molecule has 0 saturated carbocycles. The number of carbonyl (C=O) groups is 2. The van der Waals surface area contributed by atoms with Gasteiger partial charge in [0, 0.05) is 57.9 Å². The Morgan fingerprint density at radius 2 is 1.70 bits per heavy atom. The average Bonchev–Trinajstić information content (AvgIpc) is 3.44. The number of rotatable bonds is 5. The Labute approximate surface area is 178 Å². The fourth-order valence-corrected chi connectivity index (χ4v) is 6.22. The lowest BCUT2D eigenvalue weighted by atomic mass is 10.1. The normalized spacial score (nSPS) is 24.0. The van der Waals surface area contributed by atoms with Gasteiger partial charge in [0.15, 0.2) is 0 Å². The standard InChI is InChI=1S/C21H30N4O4S/c1-2-17-6-5-7-19(14-17)25-16-18(15-20(25)26)21(27)22-10-12-24(13-11-22)30(28,29)23-8-3-4-9-23/h5-7,14,18H,2-4,8-13,15-16H2,1H3. The number of hydrogen-bond donors (Lipinski definition) is 0. The van der Waals surface area contributed by atoms with Crippen LogP contribution in [-0.2, 0) is 26.2 Å². The number of amides is 2. The second-order valence-corrected chi connectivity index (χ2v) is 10.2. The molecule has 1 aromatic carbocycles. The van der Waals surface area contributed by atoms with Gasteiger partial charge in [0.05, 0.1) is 5.92 Å². The van der Waals surface area contributed by atoms with Gasteiger partial charge in [-0.2, -0.15) is 17.0 Å². The first kappa shape index (κ1) is 21.3. The zero-order valence-corrected chi connectivity index (χ0v) is 18.3. The average molecular weight is 435 g/mol. The summed E-state index contributed by atoms with van der Waals surface area (Å²) in [6, 6.07) is 7.89. The maximum atomic E-state index is 13.0. The van der Waals surface area contributed by atoms with Crippen LogP contribution in [0.5, 0.6) is 0 Å². The third-order valence-electron chi connectivity index (χ3n) is 6.37. The van der Waals surface area contributed by atoms with E-state index in [0.717, 1.165) is 30.5 Å². The molecule has 1 unspecified atom stereocenters. The summed E-state index contributed by atoms with van der Waals surface area (Å²) in [4.78, 5) is 29.0. The minimum atomic E-state index is -3.42. The van der Waals surface area contributed by atoms with Gasteiger partial charge in [-0.3, -0.25) is 9.59 Å². The predicted octanol–water partition coefficient (Wildman–Crippen LogP) is 1.09. The van der Waals surface area contributed by atoms with Gasteiger partial charge in [0.1, 0.15) is 0 Å². The van der Waals surface area contributed by atoms with Crippen molar-refractivity contribution in [2.24, 2.45) is 5.92 Å². The predicted molar refractivity (Wildman–Crippen MR) is 114 cm³/mol. The number of nitrogens with zero attached hydrogens (tertiary/aromatic N) is 4. The number of carbonyl (C=O) groups excluding carboxylic acids is 2. The molecular weight excluding hydrogens is 404 g/mol. The van der Waals surface area contributed by atoms with E-state index < -0.39 is 10.2 Å². The number of aryl methyl sites for hydroxylation is 1. The second kappa shape index (κ2) is 8.64. The minimum absolute atomic E-state index is 0.0307. The molecule has 0 N–H and O–H groups in total. The van der Waals surface area contributed by atoms with E-state index in [1.807, 2.05) is 24.3 Å². The van der Waals surface area contributed by atoms with E-state index in [4.69, 9.17) is 0 Å². The first-order chi connectivity index (χ1) is 14.4. The van der Waals surface area contributed by atoms with E-state index >= 15 is 0 Å². The Hall–Kier alpha value is -1.97. The first-order valence-corrected chi connectivity index (χ1v) is 12.2. The van der Waals surface area contributed by atoms with E-state index in [1.165, 1.54) is 4.31 Å². The van der Waals surface area contributed by atoms with Gasteiger partial charge in [-0.05, 0) is 37.0 Å². The van der Waals surface area contributed by atoms with Crippen LogP contribution in [0.1, 0.15) is 31.7 Å². The summed E-state index contributed by atoms with van der Waals surface area (Å²) < 4.78 is 28.5. The van der Waals surface area contributed by atoms with Gasteiger partial charge in [0.25, 0.3) is 10.2 Å². The lowest BCUT2D eigenvalue weighted by molar-refractivity contribution is -0.137. The largest absolute Gasteiger partial charge is 0.340 e. The Morgan fingerprint density at radius 3 is 2.37 bits per heavy atom. The lowest BCUT2D eigenvalue weighted by Crippen LogP contribution is -2.54. The highest BCUT2D eigenvalue weighted by molar-refractivity contribution is 7.86. The molecule has 30 heavy (non-hydrogen) atoms. The van der Waals surface area contributed by atoms with Crippen LogP contribution in [0.4, 0.5) is 5.69 Å². The molecule has 3 fully saturated rings. The third-order valence-corrected chi connectivity index (χ3v) is 8.41. The molecule has 9 heteroatoms. The molecule has 3 heterocycles. The highest BCUT2D eigenvalue weighted by atomic mass is 32.2. The SMILES string of the molecule is CCc1cccc(N2CC(C(=O)N3CCN(S(=O)(=O)N4CCCC4)CC3)CC2=O)c1. The number of hydrogen-bond acceptors (Lipinski definition) is 4. The van der Waals surface area contributed by atoms with Crippen molar-refractivity contribution in [3.63, 3.8) is 0 Å². The number of piperazine rings is 1. The molecule has 0 bridgehead atoms. The van der Waals surface area contributed by atoms with Crippen LogP contribution in [0, 0.1) is 5.92 Å². The second-order valence-electron chi connectivity index (χ2n) is 8.27. The summed E-state index contributed by atoms with van der Waals surface area (Å²) in [6.07, 6.45) is 2.92. The van der Waals surface area contributed by atoms with Gasteiger partial charge >= 0.3 is 0 Å². The molecule has 0 aliphatic carbocycles. The van der Waals surface area contributed by atoms with Crippen molar-refractivity contribution in [3.8, 4) is 0 Å². The number of anilines is 1. The van der Waals surface area contributed by atoms with Crippen molar-refractivity contribution in [1.29, 1.82) is 0 Å². The van der Waals surface area contributed by atoms with Crippen molar-refractivity contribution in [2.45, 2.75) is 32.6 Å². The highest BCUT2D eigenvalue weighted by Gasteiger charge is 2.40. The Morgan fingerprint density at radius 1 is 1.03 bits per heavy atom. The monoisotopic (exact) mass is 434 g/mol. The van der Waals surface area contributed by atoms with Crippen molar-refractivity contribution in [1.82, 2.24) is 13.5 Å². The Bertz CT molecular complexity index is 905. The number of benzene rings is 1. The van der Waals surface area contributed by atoms with Crippen LogP contribution in [0.2, 0.25) is 0 Å². The summed E-state index contributed by atoms with van der Waals surface area (Å²) in [6.45, 7) is 5.00.